The molecule has 6 rings (SSSR count). The molecule has 0 N–H and O–H groups in total. The maximum absolute atomic E-state index is 14.2. The standard InChI is InChI=1S/C28H38O3/c1-17(2)24-10-9-18(3)11-25(24)31-27(30)28(26(29)21-7-5-4-6-8-21)22-13-19-12-20(15-22)16-23(28)14-19/h4-8,17-20,22-25H,9-16H2,1-3H3/t18-,19?,20?,22?,23?,24-,25+,28?/m1/s1. The molecule has 5 aliphatic carbocycles. The second-order valence-corrected chi connectivity index (χ2v) is 11.6. The van der Waals surface area contributed by atoms with Crippen molar-refractivity contribution in [2.45, 2.75) is 78.2 Å². The maximum atomic E-state index is 14.2. The number of benzene rings is 1. The van der Waals surface area contributed by atoms with E-state index in [0.717, 1.165) is 38.5 Å². The number of ether oxygens (including phenoxy) is 1. The lowest BCUT2D eigenvalue weighted by atomic mass is 9.44. The van der Waals surface area contributed by atoms with Crippen LogP contribution in [0, 0.1) is 46.8 Å². The normalized spacial score (nSPS) is 41.4. The van der Waals surface area contributed by atoms with E-state index >= 15 is 0 Å². The molecule has 0 amide bonds. The first-order valence-electron chi connectivity index (χ1n) is 12.7. The molecule has 0 heterocycles. The van der Waals surface area contributed by atoms with Crippen LogP contribution in [0.1, 0.15) is 82.5 Å². The van der Waals surface area contributed by atoms with Gasteiger partial charge in [0.15, 0.2) is 5.78 Å². The summed E-state index contributed by atoms with van der Waals surface area (Å²) in [4.78, 5) is 28.3. The topological polar surface area (TPSA) is 43.4 Å². The molecule has 3 heteroatoms. The van der Waals surface area contributed by atoms with E-state index < -0.39 is 5.41 Å². The summed E-state index contributed by atoms with van der Waals surface area (Å²) in [6, 6.07) is 9.55. The second kappa shape index (κ2) is 8.05. The largest absolute Gasteiger partial charge is 0.461 e. The van der Waals surface area contributed by atoms with Crippen molar-refractivity contribution in [3.05, 3.63) is 35.9 Å². The molecule has 0 aliphatic heterocycles. The summed E-state index contributed by atoms with van der Waals surface area (Å²) in [5, 5.41) is 0. The van der Waals surface area contributed by atoms with Crippen LogP contribution in [0.5, 0.6) is 0 Å². The third-order valence-electron chi connectivity index (χ3n) is 9.40. The molecule has 4 bridgehead atoms. The summed E-state index contributed by atoms with van der Waals surface area (Å²) in [7, 11) is 0. The Labute approximate surface area is 187 Å². The number of Topliss-reactive ketones (excluding diaryl/α,β-unsaturated/α-hetero) is 1. The van der Waals surface area contributed by atoms with Crippen LogP contribution in [0.3, 0.4) is 0 Å². The summed E-state index contributed by atoms with van der Waals surface area (Å²) >= 11 is 0. The zero-order chi connectivity index (χ0) is 21.8. The number of ketones is 1. The van der Waals surface area contributed by atoms with Crippen LogP contribution >= 0.6 is 0 Å². The lowest BCUT2D eigenvalue weighted by molar-refractivity contribution is -0.185. The van der Waals surface area contributed by atoms with Crippen LogP contribution in [0.15, 0.2) is 30.3 Å². The molecule has 0 spiro atoms. The van der Waals surface area contributed by atoms with Gasteiger partial charge in [0, 0.05) is 5.56 Å². The van der Waals surface area contributed by atoms with E-state index in [2.05, 4.69) is 20.8 Å². The molecule has 5 aliphatic rings. The van der Waals surface area contributed by atoms with E-state index in [1.165, 1.54) is 12.8 Å². The average Bonchev–Trinajstić information content (AvgIpc) is 2.73. The SMILES string of the molecule is CC(C)[C@H]1CC[C@@H](C)C[C@@H]1OC(=O)C1(C(=O)c2ccccc2)C2CC3CC(C2)CC1C3. The van der Waals surface area contributed by atoms with Crippen molar-refractivity contribution < 1.29 is 14.3 Å². The number of hydrogen-bond donors (Lipinski definition) is 0. The Hall–Kier alpha value is -1.64. The Morgan fingerprint density at radius 1 is 0.903 bits per heavy atom. The molecule has 5 saturated carbocycles. The van der Waals surface area contributed by atoms with E-state index in [0.29, 0.717) is 35.2 Å². The van der Waals surface area contributed by atoms with Gasteiger partial charge in [0.25, 0.3) is 0 Å². The molecule has 0 saturated heterocycles. The molecule has 0 unspecified atom stereocenters. The van der Waals surface area contributed by atoms with Gasteiger partial charge < -0.3 is 4.74 Å². The summed E-state index contributed by atoms with van der Waals surface area (Å²) in [5.74, 6) is 3.04. The molecule has 1 aromatic rings. The first kappa shape index (κ1) is 21.2. The molecule has 0 aromatic heterocycles. The minimum atomic E-state index is -0.961. The van der Waals surface area contributed by atoms with Crippen LogP contribution in [0.4, 0.5) is 0 Å². The van der Waals surface area contributed by atoms with Crippen molar-refractivity contribution in [1.29, 1.82) is 0 Å². The maximum Gasteiger partial charge on any atom is 0.320 e. The summed E-state index contributed by atoms with van der Waals surface area (Å²) < 4.78 is 6.45. The van der Waals surface area contributed by atoms with Crippen molar-refractivity contribution >= 4 is 11.8 Å². The fourth-order valence-electron chi connectivity index (χ4n) is 8.04. The summed E-state index contributed by atoms with van der Waals surface area (Å²) in [6.45, 7) is 6.76. The Bertz CT molecular complexity index is 798. The Kier molecular flexibility index (Phi) is 5.51. The van der Waals surface area contributed by atoms with E-state index in [9.17, 15) is 9.59 Å². The number of carbonyl (C=O) groups excluding carboxylic acids is 2. The summed E-state index contributed by atoms with van der Waals surface area (Å²) in [6.07, 6.45) is 8.61. The van der Waals surface area contributed by atoms with Crippen LogP contribution in [0.25, 0.3) is 0 Å². The molecule has 31 heavy (non-hydrogen) atoms. The Morgan fingerprint density at radius 3 is 2.10 bits per heavy atom. The molecular weight excluding hydrogens is 384 g/mol. The predicted octanol–water partition coefficient (Wildman–Crippen LogP) is 6.32. The quantitative estimate of drug-likeness (QED) is 0.317. The Balaban J connectivity index is 1.50. The minimum Gasteiger partial charge on any atom is -0.461 e. The molecule has 1 aromatic carbocycles. The highest BCUT2D eigenvalue weighted by molar-refractivity contribution is 6.13. The average molecular weight is 423 g/mol. The molecule has 168 valence electrons. The zero-order valence-electron chi connectivity index (χ0n) is 19.4. The molecule has 5 fully saturated rings. The molecule has 3 atom stereocenters. The Morgan fingerprint density at radius 2 is 1.52 bits per heavy atom. The van der Waals surface area contributed by atoms with E-state index in [4.69, 9.17) is 4.74 Å². The van der Waals surface area contributed by atoms with Gasteiger partial charge in [0.2, 0.25) is 0 Å². The third kappa shape index (κ3) is 3.47. The summed E-state index contributed by atoms with van der Waals surface area (Å²) in [5.41, 5.74) is -0.277. The number of esters is 1. The van der Waals surface area contributed by atoms with Gasteiger partial charge >= 0.3 is 5.97 Å². The van der Waals surface area contributed by atoms with Crippen molar-refractivity contribution in [3.63, 3.8) is 0 Å². The van der Waals surface area contributed by atoms with Gasteiger partial charge in [-0.3, -0.25) is 9.59 Å². The fraction of sp³-hybridized carbons (Fsp3) is 0.714. The number of hydrogen-bond acceptors (Lipinski definition) is 3. The molecule has 3 nitrogen and oxygen atoms in total. The van der Waals surface area contributed by atoms with Gasteiger partial charge in [0.1, 0.15) is 11.5 Å². The van der Waals surface area contributed by atoms with Crippen LogP contribution < -0.4 is 0 Å². The lowest BCUT2D eigenvalue weighted by Crippen LogP contribution is -2.61. The van der Waals surface area contributed by atoms with Crippen molar-refractivity contribution in [2.75, 3.05) is 0 Å². The van der Waals surface area contributed by atoms with E-state index in [-0.39, 0.29) is 29.7 Å². The van der Waals surface area contributed by atoms with Crippen molar-refractivity contribution in [1.82, 2.24) is 0 Å². The second-order valence-electron chi connectivity index (χ2n) is 11.6. The van der Waals surface area contributed by atoms with Crippen LogP contribution in [-0.2, 0) is 9.53 Å². The van der Waals surface area contributed by atoms with Gasteiger partial charge in [-0.25, -0.2) is 0 Å². The van der Waals surface area contributed by atoms with E-state index in [1.807, 2.05) is 30.3 Å². The van der Waals surface area contributed by atoms with E-state index in [1.54, 1.807) is 0 Å². The van der Waals surface area contributed by atoms with Gasteiger partial charge in [0.05, 0.1) is 0 Å². The monoisotopic (exact) mass is 422 g/mol. The van der Waals surface area contributed by atoms with Crippen molar-refractivity contribution in [3.8, 4) is 0 Å². The highest BCUT2D eigenvalue weighted by atomic mass is 16.5. The lowest BCUT2D eigenvalue weighted by Gasteiger charge is -2.59. The smallest absolute Gasteiger partial charge is 0.320 e. The third-order valence-corrected chi connectivity index (χ3v) is 9.40. The highest BCUT2D eigenvalue weighted by Crippen LogP contribution is 2.63. The highest BCUT2D eigenvalue weighted by Gasteiger charge is 2.66. The molecular formula is C28H38O3. The molecule has 0 radical (unpaired) electrons. The van der Waals surface area contributed by atoms with Gasteiger partial charge in [-0.05, 0) is 86.4 Å². The number of rotatable bonds is 5. The first-order chi connectivity index (χ1) is 14.9. The van der Waals surface area contributed by atoms with Crippen molar-refractivity contribution in [2.24, 2.45) is 46.8 Å². The van der Waals surface area contributed by atoms with Gasteiger partial charge in [-0.1, -0.05) is 57.5 Å². The van der Waals surface area contributed by atoms with Gasteiger partial charge in [-0.2, -0.15) is 0 Å². The first-order valence-corrected chi connectivity index (χ1v) is 12.7. The van der Waals surface area contributed by atoms with Gasteiger partial charge in [-0.15, -0.1) is 0 Å². The van der Waals surface area contributed by atoms with Crippen LogP contribution in [-0.4, -0.2) is 17.9 Å². The minimum absolute atomic E-state index is 0.0388. The fourth-order valence-corrected chi connectivity index (χ4v) is 8.04. The zero-order valence-corrected chi connectivity index (χ0v) is 19.4. The predicted molar refractivity (Wildman–Crippen MR) is 121 cm³/mol. The van der Waals surface area contributed by atoms with Crippen LogP contribution in [0.2, 0.25) is 0 Å². The number of carbonyl (C=O) groups is 2.